The Morgan fingerprint density at radius 2 is 2.19 bits per heavy atom. The topological polar surface area (TPSA) is 32.7 Å². The number of methoxy groups -OCH3 is 1. The van der Waals surface area contributed by atoms with Gasteiger partial charge in [-0.15, -0.1) is 0 Å². The third-order valence-corrected chi connectivity index (χ3v) is 3.06. The second-order valence-corrected chi connectivity index (χ2v) is 4.22. The molecule has 0 bridgehead atoms. The van der Waals surface area contributed by atoms with Crippen LogP contribution in [0, 0.1) is 0 Å². The first kappa shape index (κ1) is 13.3. The van der Waals surface area contributed by atoms with Gasteiger partial charge in [0, 0.05) is 36.5 Å². The van der Waals surface area contributed by atoms with Gasteiger partial charge in [-0.25, -0.2) is 0 Å². The summed E-state index contributed by atoms with van der Waals surface area (Å²) in [6, 6.07) is 5.84. The summed E-state index contributed by atoms with van der Waals surface area (Å²) in [5, 5.41) is 9.91. The lowest BCUT2D eigenvalue weighted by Crippen LogP contribution is -2.33. The van der Waals surface area contributed by atoms with E-state index in [4.69, 9.17) is 16.3 Å². The number of benzene rings is 1. The zero-order valence-electron chi connectivity index (χ0n) is 9.90. The molecule has 0 saturated heterocycles. The molecule has 3 nitrogen and oxygen atoms in total. The monoisotopic (exact) mass is 243 g/mol. The van der Waals surface area contributed by atoms with Gasteiger partial charge in [-0.3, -0.25) is 0 Å². The summed E-state index contributed by atoms with van der Waals surface area (Å²) in [6.45, 7) is 2.64. The van der Waals surface area contributed by atoms with Crippen molar-refractivity contribution in [3.05, 3.63) is 28.8 Å². The zero-order chi connectivity index (χ0) is 12.1. The quantitative estimate of drug-likeness (QED) is 0.862. The van der Waals surface area contributed by atoms with Crippen molar-refractivity contribution in [3.63, 3.8) is 0 Å². The van der Waals surface area contributed by atoms with E-state index in [-0.39, 0.29) is 12.6 Å². The SMILES string of the molecule is COCC(C)N(C)c1cccc(Cl)c1CO. The Morgan fingerprint density at radius 3 is 2.75 bits per heavy atom. The van der Waals surface area contributed by atoms with E-state index in [2.05, 4.69) is 11.8 Å². The Labute approximate surface area is 102 Å². The first-order valence-corrected chi connectivity index (χ1v) is 5.59. The Balaban J connectivity index is 2.98. The number of hydrogen-bond acceptors (Lipinski definition) is 3. The van der Waals surface area contributed by atoms with E-state index in [1.807, 2.05) is 19.2 Å². The number of aliphatic hydroxyl groups is 1. The minimum Gasteiger partial charge on any atom is -0.392 e. The van der Waals surface area contributed by atoms with Crippen molar-refractivity contribution in [1.29, 1.82) is 0 Å². The van der Waals surface area contributed by atoms with E-state index in [0.29, 0.717) is 11.6 Å². The molecular formula is C12H18ClNO2. The van der Waals surface area contributed by atoms with Crippen molar-refractivity contribution in [2.45, 2.75) is 19.6 Å². The number of aliphatic hydroxyl groups excluding tert-OH is 1. The van der Waals surface area contributed by atoms with Crippen LogP contribution >= 0.6 is 11.6 Å². The fourth-order valence-corrected chi connectivity index (χ4v) is 1.85. The summed E-state index contributed by atoms with van der Waals surface area (Å²) in [7, 11) is 3.64. The average Bonchev–Trinajstić information content (AvgIpc) is 2.28. The molecule has 0 radical (unpaired) electrons. The maximum Gasteiger partial charge on any atom is 0.0716 e. The van der Waals surface area contributed by atoms with Crippen LogP contribution < -0.4 is 4.90 Å². The van der Waals surface area contributed by atoms with Crippen molar-refractivity contribution < 1.29 is 9.84 Å². The largest absolute Gasteiger partial charge is 0.392 e. The summed E-state index contributed by atoms with van der Waals surface area (Å²) in [5.74, 6) is 0. The normalized spacial score (nSPS) is 12.6. The second-order valence-electron chi connectivity index (χ2n) is 3.81. The van der Waals surface area contributed by atoms with Crippen molar-refractivity contribution in [2.75, 3.05) is 25.7 Å². The molecule has 16 heavy (non-hydrogen) atoms. The van der Waals surface area contributed by atoms with Crippen LogP contribution in [0.15, 0.2) is 18.2 Å². The van der Waals surface area contributed by atoms with Gasteiger partial charge in [0.1, 0.15) is 0 Å². The van der Waals surface area contributed by atoms with E-state index >= 15 is 0 Å². The van der Waals surface area contributed by atoms with Gasteiger partial charge in [0.2, 0.25) is 0 Å². The van der Waals surface area contributed by atoms with Crippen molar-refractivity contribution in [1.82, 2.24) is 0 Å². The summed E-state index contributed by atoms with van der Waals surface area (Å²) in [5.41, 5.74) is 1.70. The first-order valence-electron chi connectivity index (χ1n) is 5.21. The minimum absolute atomic E-state index is 0.0565. The highest BCUT2D eigenvalue weighted by Gasteiger charge is 2.14. The Bertz CT molecular complexity index is 344. The van der Waals surface area contributed by atoms with Crippen LogP contribution in [0.2, 0.25) is 5.02 Å². The Morgan fingerprint density at radius 1 is 1.50 bits per heavy atom. The molecular weight excluding hydrogens is 226 g/mol. The second kappa shape index (κ2) is 6.09. The van der Waals surface area contributed by atoms with Crippen LogP contribution in [0.25, 0.3) is 0 Å². The number of nitrogens with zero attached hydrogens (tertiary/aromatic N) is 1. The highest BCUT2D eigenvalue weighted by molar-refractivity contribution is 6.31. The van der Waals surface area contributed by atoms with E-state index in [0.717, 1.165) is 11.3 Å². The van der Waals surface area contributed by atoms with Crippen molar-refractivity contribution in [3.8, 4) is 0 Å². The standard InChI is InChI=1S/C12H18ClNO2/c1-9(8-16-3)14(2)12-6-4-5-11(13)10(12)7-15/h4-6,9,15H,7-8H2,1-3H3. The number of hydrogen-bond donors (Lipinski definition) is 1. The Hall–Kier alpha value is -0.770. The molecule has 0 spiro atoms. The fourth-order valence-electron chi connectivity index (χ4n) is 1.62. The molecule has 0 fully saturated rings. The highest BCUT2D eigenvalue weighted by atomic mass is 35.5. The molecule has 0 amide bonds. The maximum absolute atomic E-state index is 9.32. The van der Waals surface area contributed by atoms with Crippen molar-refractivity contribution in [2.24, 2.45) is 0 Å². The van der Waals surface area contributed by atoms with Gasteiger partial charge in [-0.2, -0.15) is 0 Å². The number of rotatable bonds is 5. The van der Waals surface area contributed by atoms with E-state index < -0.39 is 0 Å². The predicted octanol–water partition coefficient (Wildman–Crippen LogP) is 2.30. The van der Waals surface area contributed by atoms with Crippen LogP contribution in [-0.2, 0) is 11.3 Å². The molecule has 0 heterocycles. The van der Waals surface area contributed by atoms with Crippen LogP contribution in [0.4, 0.5) is 5.69 Å². The van der Waals surface area contributed by atoms with Gasteiger partial charge < -0.3 is 14.7 Å². The van der Waals surface area contributed by atoms with Gasteiger partial charge >= 0.3 is 0 Å². The molecule has 1 N–H and O–H groups in total. The minimum atomic E-state index is -0.0565. The van der Waals surface area contributed by atoms with Gasteiger partial charge in [0.25, 0.3) is 0 Å². The van der Waals surface area contributed by atoms with Crippen LogP contribution in [0.3, 0.4) is 0 Å². The molecule has 0 aromatic heterocycles. The van der Waals surface area contributed by atoms with Gasteiger partial charge in [-0.05, 0) is 19.1 Å². The highest BCUT2D eigenvalue weighted by Crippen LogP contribution is 2.27. The van der Waals surface area contributed by atoms with E-state index in [9.17, 15) is 5.11 Å². The van der Waals surface area contributed by atoms with Crippen LogP contribution in [0.1, 0.15) is 12.5 Å². The molecule has 0 aliphatic carbocycles. The lowest BCUT2D eigenvalue weighted by Gasteiger charge is -2.28. The molecule has 0 saturated carbocycles. The predicted molar refractivity (Wildman–Crippen MR) is 67.1 cm³/mol. The smallest absolute Gasteiger partial charge is 0.0716 e. The molecule has 1 atom stereocenters. The van der Waals surface area contributed by atoms with Crippen molar-refractivity contribution >= 4 is 17.3 Å². The van der Waals surface area contributed by atoms with E-state index in [1.54, 1.807) is 13.2 Å². The molecule has 90 valence electrons. The molecule has 0 aliphatic rings. The average molecular weight is 244 g/mol. The fraction of sp³-hybridized carbons (Fsp3) is 0.500. The summed E-state index contributed by atoms with van der Waals surface area (Å²) in [6.07, 6.45) is 0. The summed E-state index contributed by atoms with van der Waals surface area (Å²) >= 11 is 6.04. The number of halogens is 1. The lowest BCUT2D eigenvalue weighted by atomic mass is 10.1. The van der Waals surface area contributed by atoms with Gasteiger partial charge in [0.15, 0.2) is 0 Å². The van der Waals surface area contributed by atoms with Gasteiger partial charge in [0.05, 0.1) is 13.2 Å². The molecule has 1 aromatic carbocycles. The maximum atomic E-state index is 9.32. The van der Waals surface area contributed by atoms with Crippen LogP contribution in [0.5, 0.6) is 0 Å². The number of likely N-dealkylation sites (N-methyl/N-ethyl adjacent to an activating group) is 1. The number of anilines is 1. The first-order chi connectivity index (χ1) is 7.61. The molecule has 1 rings (SSSR count). The molecule has 1 aromatic rings. The molecule has 0 aliphatic heterocycles. The zero-order valence-corrected chi connectivity index (χ0v) is 10.7. The van der Waals surface area contributed by atoms with Crippen LogP contribution in [-0.4, -0.2) is 31.9 Å². The summed E-state index contributed by atoms with van der Waals surface area (Å²) < 4.78 is 5.11. The summed E-state index contributed by atoms with van der Waals surface area (Å²) in [4.78, 5) is 2.06. The molecule has 4 heteroatoms. The number of ether oxygens (including phenoxy) is 1. The van der Waals surface area contributed by atoms with Gasteiger partial charge in [-0.1, -0.05) is 17.7 Å². The Kier molecular flexibility index (Phi) is 5.06. The third-order valence-electron chi connectivity index (χ3n) is 2.70. The van der Waals surface area contributed by atoms with E-state index in [1.165, 1.54) is 0 Å². The molecule has 1 unspecified atom stereocenters. The lowest BCUT2D eigenvalue weighted by molar-refractivity contribution is 0.183. The third kappa shape index (κ3) is 2.88.